The third-order valence-electron chi connectivity index (χ3n) is 5.40. The molecule has 1 amide bonds. The first-order chi connectivity index (χ1) is 15.9. The van der Waals surface area contributed by atoms with E-state index >= 15 is 0 Å². The zero-order valence-corrected chi connectivity index (χ0v) is 19.6. The van der Waals surface area contributed by atoms with E-state index in [0.29, 0.717) is 23.3 Å². The molecule has 2 aliphatic rings. The second-order valence-electron chi connectivity index (χ2n) is 7.69. The molecule has 0 fully saturated rings. The number of aromatic nitrogens is 1. The largest absolute Gasteiger partial charge is 0.491 e. The number of aryl methyl sites for hydroxylation is 1. The Morgan fingerprint density at radius 1 is 1.21 bits per heavy atom. The van der Waals surface area contributed by atoms with E-state index in [1.165, 1.54) is 16.8 Å². The minimum absolute atomic E-state index is 0.0349. The number of ether oxygens (including phenoxy) is 1. The van der Waals surface area contributed by atoms with Crippen LogP contribution in [0.15, 0.2) is 64.3 Å². The Labute approximate surface area is 199 Å². The lowest BCUT2D eigenvalue weighted by molar-refractivity contribution is -0.114. The minimum atomic E-state index is -0.429. The number of fused-ring (bicyclic) bond motifs is 2. The summed E-state index contributed by atoms with van der Waals surface area (Å²) < 4.78 is 8.06. The summed E-state index contributed by atoms with van der Waals surface area (Å²) in [6, 6.07) is 13.5. The van der Waals surface area contributed by atoms with Gasteiger partial charge >= 0.3 is 0 Å². The molecular weight excluding hydrogens is 458 g/mol. The average molecular weight is 478 g/mol. The minimum Gasteiger partial charge on any atom is -0.491 e. The number of nitrogens with one attached hydrogen (secondary N) is 1. The van der Waals surface area contributed by atoms with Gasteiger partial charge in [0, 0.05) is 27.7 Å². The molecular formula is C24H20ClN5O2S. The topological polar surface area (TPSA) is 83.0 Å². The molecule has 0 atom stereocenters. The lowest BCUT2D eigenvalue weighted by Crippen LogP contribution is -2.35. The van der Waals surface area contributed by atoms with Crippen molar-refractivity contribution < 1.29 is 9.53 Å². The molecule has 0 aliphatic carbocycles. The molecule has 5 rings (SSSR count). The average Bonchev–Trinajstić information content (AvgIpc) is 3.33. The predicted molar refractivity (Wildman–Crippen MR) is 134 cm³/mol. The maximum absolute atomic E-state index is 12.7. The number of para-hydroxylation sites is 1. The second-order valence-corrected chi connectivity index (χ2v) is 9.29. The van der Waals surface area contributed by atoms with Crippen LogP contribution >= 0.6 is 23.4 Å². The Morgan fingerprint density at radius 3 is 2.85 bits per heavy atom. The highest BCUT2D eigenvalue weighted by Crippen LogP contribution is 2.30. The highest BCUT2D eigenvalue weighted by molar-refractivity contribution is 8.26. The van der Waals surface area contributed by atoms with Gasteiger partial charge in [0.15, 0.2) is 5.84 Å². The van der Waals surface area contributed by atoms with Gasteiger partial charge in [-0.05, 0) is 61.5 Å². The van der Waals surface area contributed by atoms with Crippen molar-refractivity contribution in [2.75, 3.05) is 6.61 Å². The first kappa shape index (κ1) is 21.5. The number of benzene rings is 2. The summed E-state index contributed by atoms with van der Waals surface area (Å²) in [5.74, 6) is 0.405. The van der Waals surface area contributed by atoms with Gasteiger partial charge in [0.2, 0.25) is 5.17 Å². The van der Waals surface area contributed by atoms with Gasteiger partial charge in [0.1, 0.15) is 12.4 Å². The number of carbonyl (C=O) groups excluding carboxylic acids is 1. The van der Waals surface area contributed by atoms with E-state index in [-0.39, 0.29) is 11.4 Å². The zero-order chi connectivity index (χ0) is 23.1. The fourth-order valence-corrected chi connectivity index (χ4v) is 4.81. The highest BCUT2D eigenvalue weighted by Gasteiger charge is 2.34. The highest BCUT2D eigenvalue weighted by atomic mass is 35.5. The van der Waals surface area contributed by atoms with Gasteiger partial charge in [-0.15, -0.1) is 0 Å². The number of aliphatic imine (C=N–C) groups is 1. The van der Waals surface area contributed by atoms with Crippen molar-refractivity contribution in [1.29, 1.82) is 5.41 Å². The van der Waals surface area contributed by atoms with Crippen molar-refractivity contribution in [1.82, 2.24) is 9.58 Å². The van der Waals surface area contributed by atoms with Crippen molar-refractivity contribution in [2.45, 2.75) is 20.4 Å². The van der Waals surface area contributed by atoms with Crippen LogP contribution in [0.4, 0.5) is 0 Å². The molecule has 3 aromatic rings. The molecule has 166 valence electrons. The SMILES string of the molecule is CC1=NN2C(=N)/C(=C/c3cn(CCOc4ccc(Cl)cc4C)c4ccccc34)C(=O)N=C2S1. The summed E-state index contributed by atoms with van der Waals surface area (Å²) in [5, 5.41) is 17.1. The van der Waals surface area contributed by atoms with Crippen molar-refractivity contribution in [3.05, 3.63) is 70.4 Å². The van der Waals surface area contributed by atoms with Crippen LogP contribution in [-0.2, 0) is 11.3 Å². The number of amides is 1. The van der Waals surface area contributed by atoms with Crippen LogP contribution in [0, 0.1) is 12.3 Å². The van der Waals surface area contributed by atoms with Crippen molar-refractivity contribution in [2.24, 2.45) is 10.1 Å². The van der Waals surface area contributed by atoms with Crippen LogP contribution in [0.25, 0.3) is 17.0 Å². The number of nitrogens with zero attached hydrogens (tertiary/aromatic N) is 4. The Kier molecular flexibility index (Phi) is 5.55. The lowest BCUT2D eigenvalue weighted by Gasteiger charge is -2.20. The van der Waals surface area contributed by atoms with Crippen LogP contribution in [0.2, 0.25) is 5.02 Å². The number of hydrogen-bond acceptors (Lipinski definition) is 5. The molecule has 33 heavy (non-hydrogen) atoms. The molecule has 9 heteroatoms. The molecule has 0 radical (unpaired) electrons. The van der Waals surface area contributed by atoms with E-state index in [4.69, 9.17) is 21.7 Å². The Balaban J connectivity index is 1.43. The van der Waals surface area contributed by atoms with Gasteiger partial charge in [-0.2, -0.15) is 15.1 Å². The van der Waals surface area contributed by atoms with E-state index in [0.717, 1.165) is 32.8 Å². The molecule has 0 saturated carbocycles. The third-order valence-corrected chi connectivity index (χ3v) is 6.46. The van der Waals surface area contributed by atoms with Crippen LogP contribution in [0.3, 0.4) is 0 Å². The molecule has 3 heterocycles. The molecule has 0 bridgehead atoms. The van der Waals surface area contributed by atoms with Gasteiger partial charge in [-0.1, -0.05) is 29.8 Å². The van der Waals surface area contributed by atoms with Gasteiger partial charge in [-0.3, -0.25) is 10.2 Å². The third kappa shape index (κ3) is 4.07. The van der Waals surface area contributed by atoms with Gasteiger partial charge in [0.05, 0.1) is 17.2 Å². The van der Waals surface area contributed by atoms with Gasteiger partial charge in [-0.25, -0.2) is 0 Å². The van der Waals surface area contributed by atoms with E-state index in [1.54, 1.807) is 6.08 Å². The van der Waals surface area contributed by atoms with Crippen LogP contribution in [-0.4, -0.2) is 38.1 Å². The number of amidine groups is 2. The predicted octanol–water partition coefficient (Wildman–Crippen LogP) is 5.32. The maximum atomic E-state index is 12.7. The number of hydrazone groups is 1. The van der Waals surface area contributed by atoms with E-state index in [9.17, 15) is 4.79 Å². The number of thioether (sulfide) groups is 1. The molecule has 0 unspecified atom stereocenters. The fourth-order valence-electron chi connectivity index (χ4n) is 3.85. The van der Waals surface area contributed by atoms with E-state index in [1.807, 2.05) is 62.5 Å². The summed E-state index contributed by atoms with van der Waals surface area (Å²) in [6.07, 6.45) is 3.70. The molecule has 1 aromatic heterocycles. The standard InChI is InChI=1S/C24H20ClN5O2S/c1-14-11-17(25)7-8-21(14)32-10-9-29-13-16(18-5-3-4-6-20(18)29)12-19-22(26)30-24(27-23(19)31)33-15(2)28-30/h3-8,11-13,26H,9-10H2,1-2H3/b19-12-,26-22?. The summed E-state index contributed by atoms with van der Waals surface area (Å²) in [7, 11) is 0. The van der Waals surface area contributed by atoms with Crippen molar-refractivity contribution in [3.8, 4) is 5.75 Å². The van der Waals surface area contributed by atoms with Gasteiger partial charge in [0.25, 0.3) is 5.91 Å². The zero-order valence-electron chi connectivity index (χ0n) is 18.0. The lowest BCUT2D eigenvalue weighted by atomic mass is 10.1. The quantitative estimate of drug-likeness (QED) is 0.504. The van der Waals surface area contributed by atoms with Crippen molar-refractivity contribution >= 4 is 62.3 Å². The van der Waals surface area contributed by atoms with E-state index < -0.39 is 5.91 Å². The normalized spacial score (nSPS) is 16.9. The number of carbonyl (C=O) groups is 1. The monoisotopic (exact) mass is 477 g/mol. The van der Waals surface area contributed by atoms with Gasteiger partial charge < -0.3 is 9.30 Å². The summed E-state index contributed by atoms with van der Waals surface area (Å²) >= 11 is 7.32. The summed E-state index contributed by atoms with van der Waals surface area (Å²) in [4.78, 5) is 16.8. The molecule has 0 saturated heterocycles. The number of halogens is 1. The Hall–Kier alpha value is -3.36. The van der Waals surface area contributed by atoms with Crippen LogP contribution < -0.4 is 4.74 Å². The van der Waals surface area contributed by atoms with Crippen molar-refractivity contribution in [3.63, 3.8) is 0 Å². The summed E-state index contributed by atoms with van der Waals surface area (Å²) in [6.45, 7) is 4.88. The molecule has 2 aromatic carbocycles. The number of hydrogen-bond donors (Lipinski definition) is 1. The first-order valence-electron chi connectivity index (χ1n) is 10.3. The fraction of sp³-hybridized carbons (Fsp3) is 0.167. The number of rotatable bonds is 5. The Bertz CT molecular complexity index is 1410. The maximum Gasteiger partial charge on any atom is 0.283 e. The van der Waals surface area contributed by atoms with E-state index in [2.05, 4.69) is 14.7 Å². The smallest absolute Gasteiger partial charge is 0.283 e. The van der Waals surface area contributed by atoms with Crippen LogP contribution in [0.1, 0.15) is 18.1 Å². The second kappa shape index (κ2) is 8.53. The summed E-state index contributed by atoms with van der Waals surface area (Å²) in [5.41, 5.74) is 3.06. The molecule has 2 aliphatic heterocycles. The molecule has 1 N–H and O–H groups in total. The Morgan fingerprint density at radius 2 is 2.03 bits per heavy atom. The molecule has 7 nitrogen and oxygen atoms in total. The van der Waals surface area contributed by atoms with Crippen LogP contribution in [0.5, 0.6) is 5.75 Å². The first-order valence-corrected chi connectivity index (χ1v) is 11.5. The molecule has 0 spiro atoms.